The second-order valence-electron chi connectivity index (χ2n) is 5.20. The topological polar surface area (TPSA) is 70.0 Å². The number of nitrogens with zero attached hydrogens (tertiary/aromatic N) is 2. The Bertz CT molecular complexity index is 816. The first-order valence-corrected chi connectivity index (χ1v) is 8.35. The van der Waals surface area contributed by atoms with E-state index in [1.165, 1.54) is 0 Å². The third-order valence-electron chi connectivity index (χ3n) is 3.61. The molecule has 1 aliphatic heterocycles. The number of hydrogen-bond donors (Lipinski definition) is 1. The van der Waals surface area contributed by atoms with Crippen LogP contribution in [0.25, 0.3) is 0 Å². The third-order valence-corrected chi connectivity index (χ3v) is 5.30. The quantitative estimate of drug-likeness (QED) is 0.946. The van der Waals surface area contributed by atoms with E-state index in [9.17, 15) is 13.5 Å². The van der Waals surface area contributed by atoms with Crippen LogP contribution in [0.5, 0.6) is 5.75 Å². The summed E-state index contributed by atoms with van der Waals surface area (Å²) in [5.74, 6) is 0.0747. The van der Waals surface area contributed by atoms with E-state index in [4.69, 9.17) is 0 Å². The monoisotopic (exact) mass is 316 g/mol. The maximum absolute atomic E-state index is 12.8. The molecule has 5 nitrogen and oxygen atoms in total. The standard InChI is InChI=1S/C16H16N2O3S/c1-12-11-15(14-9-5-6-10-16(14)19)18(17-12)22(20,21)13-7-3-2-4-8-13/h2-10,15,19H,11H2,1H3. The maximum Gasteiger partial charge on any atom is 0.279 e. The fourth-order valence-electron chi connectivity index (χ4n) is 2.56. The van der Waals surface area contributed by atoms with E-state index in [0.29, 0.717) is 17.7 Å². The number of aromatic hydroxyl groups is 1. The number of rotatable bonds is 3. The summed E-state index contributed by atoms with van der Waals surface area (Å²) in [6.07, 6.45) is 0.462. The first-order valence-electron chi connectivity index (χ1n) is 6.91. The summed E-state index contributed by atoms with van der Waals surface area (Å²) < 4.78 is 26.7. The van der Waals surface area contributed by atoms with Crippen LogP contribution >= 0.6 is 0 Å². The van der Waals surface area contributed by atoms with Crippen LogP contribution < -0.4 is 0 Å². The van der Waals surface area contributed by atoms with Gasteiger partial charge >= 0.3 is 0 Å². The number of hydrazone groups is 1. The van der Waals surface area contributed by atoms with Crippen molar-refractivity contribution in [3.63, 3.8) is 0 Å². The Morgan fingerprint density at radius 1 is 1.09 bits per heavy atom. The molecule has 0 spiro atoms. The van der Waals surface area contributed by atoms with E-state index < -0.39 is 16.1 Å². The van der Waals surface area contributed by atoms with Gasteiger partial charge in [-0.3, -0.25) is 0 Å². The summed E-state index contributed by atoms with van der Waals surface area (Å²) in [5, 5.41) is 14.2. The molecule has 6 heteroatoms. The Hall–Kier alpha value is -2.34. The molecule has 1 aliphatic rings. The van der Waals surface area contributed by atoms with Gasteiger partial charge in [-0.05, 0) is 25.1 Å². The molecule has 0 saturated heterocycles. The number of phenols is 1. The van der Waals surface area contributed by atoms with Crippen molar-refractivity contribution in [2.75, 3.05) is 0 Å². The van der Waals surface area contributed by atoms with E-state index in [1.807, 2.05) is 0 Å². The minimum absolute atomic E-state index is 0.0747. The van der Waals surface area contributed by atoms with Gasteiger partial charge in [0.05, 0.1) is 10.9 Å². The number of para-hydroxylation sites is 1. The summed E-state index contributed by atoms with van der Waals surface area (Å²) in [6, 6.07) is 14.4. The molecule has 0 bridgehead atoms. The van der Waals surface area contributed by atoms with Crippen molar-refractivity contribution in [3.05, 3.63) is 60.2 Å². The lowest BCUT2D eigenvalue weighted by Gasteiger charge is -2.24. The van der Waals surface area contributed by atoms with Gasteiger partial charge in [0.1, 0.15) is 5.75 Å². The fraction of sp³-hybridized carbons (Fsp3) is 0.188. The van der Waals surface area contributed by atoms with Crippen LogP contribution in [0.4, 0.5) is 0 Å². The summed E-state index contributed by atoms with van der Waals surface area (Å²) >= 11 is 0. The Morgan fingerprint density at radius 2 is 1.73 bits per heavy atom. The highest BCUT2D eigenvalue weighted by Crippen LogP contribution is 2.38. The molecule has 0 aromatic heterocycles. The average Bonchev–Trinajstić information content (AvgIpc) is 2.91. The largest absolute Gasteiger partial charge is 0.508 e. The molecule has 1 unspecified atom stereocenters. The van der Waals surface area contributed by atoms with E-state index in [-0.39, 0.29) is 10.6 Å². The lowest BCUT2D eigenvalue weighted by molar-refractivity contribution is 0.358. The van der Waals surface area contributed by atoms with Crippen LogP contribution in [-0.2, 0) is 10.0 Å². The Kier molecular flexibility index (Phi) is 3.62. The molecule has 0 radical (unpaired) electrons. The molecule has 0 aliphatic carbocycles. The second kappa shape index (κ2) is 5.46. The molecule has 1 heterocycles. The minimum atomic E-state index is -3.75. The lowest BCUT2D eigenvalue weighted by atomic mass is 10.0. The van der Waals surface area contributed by atoms with Crippen molar-refractivity contribution in [1.29, 1.82) is 0 Å². The third kappa shape index (κ3) is 2.46. The van der Waals surface area contributed by atoms with E-state index in [1.54, 1.807) is 61.5 Å². The molecule has 1 N–H and O–H groups in total. The SMILES string of the molecule is CC1=NN(S(=O)(=O)c2ccccc2)C(c2ccccc2O)C1. The summed E-state index contributed by atoms with van der Waals surface area (Å²) in [5.41, 5.74) is 1.27. The van der Waals surface area contributed by atoms with Gasteiger partial charge in [0, 0.05) is 17.7 Å². The molecule has 3 rings (SSSR count). The molecule has 22 heavy (non-hydrogen) atoms. The average molecular weight is 316 g/mol. The molecule has 0 saturated carbocycles. The highest BCUT2D eigenvalue weighted by atomic mass is 32.2. The summed E-state index contributed by atoms with van der Waals surface area (Å²) in [7, 11) is -3.75. The van der Waals surface area contributed by atoms with Gasteiger partial charge in [-0.25, -0.2) is 0 Å². The van der Waals surface area contributed by atoms with Crippen molar-refractivity contribution in [1.82, 2.24) is 4.41 Å². The van der Waals surface area contributed by atoms with Crippen molar-refractivity contribution in [2.45, 2.75) is 24.3 Å². The fourth-order valence-corrected chi connectivity index (χ4v) is 4.04. The Morgan fingerprint density at radius 3 is 2.41 bits per heavy atom. The Balaban J connectivity index is 2.06. The highest BCUT2D eigenvalue weighted by molar-refractivity contribution is 7.89. The molecule has 2 aromatic carbocycles. The van der Waals surface area contributed by atoms with E-state index in [0.717, 1.165) is 4.41 Å². The van der Waals surface area contributed by atoms with E-state index in [2.05, 4.69) is 5.10 Å². The van der Waals surface area contributed by atoms with Gasteiger partial charge in [-0.2, -0.15) is 17.9 Å². The number of sulfonamides is 1. The predicted octanol–water partition coefficient (Wildman–Crippen LogP) is 2.90. The smallest absolute Gasteiger partial charge is 0.279 e. The van der Waals surface area contributed by atoms with Crippen LogP contribution in [0.15, 0.2) is 64.6 Å². The van der Waals surface area contributed by atoms with Crippen LogP contribution in [-0.4, -0.2) is 23.7 Å². The molecule has 1 atom stereocenters. The van der Waals surface area contributed by atoms with Gasteiger partial charge in [0.25, 0.3) is 10.0 Å². The number of benzene rings is 2. The van der Waals surface area contributed by atoms with Crippen molar-refractivity contribution in [3.8, 4) is 5.75 Å². The first-order chi connectivity index (χ1) is 10.5. The normalized spacial score (nSPS) is 18.3. The van der Waals surface area contributed by atoms with Crippen molar-refractivity contribution in [2.24, 2.45) is 5.10 Å². The number of phenolic OH excluding ortho intramolecular Hbond substituents is 1. The zero-order valence-electron chi connectivity index (χ0n) is 12.0. The summed E-state index contributed by atoms with van der Waals surface area (Å²) in [6.45, 7) is 1.79. The Labute approximate surface area is 129 Å². The minimum Gasteiger partial charge on any atom is -0.508 e. The highest BCUT2D eigenvalue weighted by Gasteiger charge is 2.37. The van der Waals surface area contributed by atoms with Gasteiger partial charge in [-0.1, -0.05) is 36.4 Å². The predicted molar refractivity (Wildman–Crippen MR) is 84.0 cm³/mol. The first kappa shape index (κ1) is 14.6. The molecule has 0 fully saturated rings. The van der Waals surface area contributed by atoms with Gasteiger partial charge < -0.3 is 5.11 Å². The molecular formula is C16H16N2O3S. The summed E-state index contributed by atoms with van der Waals surface area (Å²) in [4.78, 5) is 0.189. The van der Waals surface area contributed by atoms with Crippen molar-refractivity contribution < 1.29 is 13.5 Å². The van der Waals surface area contributed by atoms with Gasteiger partial charge in [-0.15, -0.1) is 0 Å². The van der Waals surface area contributed by atoms with Crippen LogP contribution in [0.2, 0.25) is 0 Å². The molecule has 0 amide bonds. The molecular weight excluding hydrogens is 300 g/mol. The van der Waals surface area contributed by atoms with Crippen molar-refractivity contribution >= 4 is 15.7 Å². The van der Waals surface area contributed by atoms with E-state index >= 15 is 0 Å². The molecule has 2 aromatic rings. The zero-order valence-corrected chi connectivity index (χ0v) is 12.9. The van der Waals surface area contributed by atoms with Crippen LogP contribution in [0.1, 0.15) is 24.9 Å². The van der Waals surface area contributed by atoms with Crippen LogP contribution in [0, 0.1) is 0 Å². The van der Waals surface area contributed by atoms with Crippen LogP contribution in [0.3, 0.4) is 0 Å². The second-order valence-corrected chi connectivity index (χ2v) is 7.00. The number of hydrogen-bond acceptors (Lipinski definition) is 4. The maximum atomic E-state index is 12.8. The molecule has 114 valence electrons. The lowest BCUT2D eigenvalue weighted by Crippen LogP contribution is -2.27. The zero-order chi connectivity index (χ0) is 15.7. The van der Waals surface area contributed by atoms with Gasteiger partial charge in [0.2, 0.25) is 0 Å². The van der Waals surface area contributed by atoms with Gasteiger partial charge in [0.15, 0.2) is 0 Å².